The summed E-state index contributed by atoms with van der Waals surface area (Å²) in [7, 11) is 0. The normalized spacial score (nSPS) is 10.8. The summed E-state index contributed by atoms with van der Waals surface area (Å²) in [4.78, 5) is 12.2. The van der Waals surface area contributed by atoms with Crippen molar-refractivity contribution >= 4 is 29.0 Å². The minimum atomic E-state index is -1.07. The van der Waals surface area contributed by atoms with Gasteiger partial charge >= 0.3 is 6.09 Å². The molecule has 0 fully saturated rings. The minimum absolute atomic E-state index is 0.190. The van der Waals surface area contributed by atoms with Crippen LogP contribution < -0.4 is 4.90 Å². The molecule has 1 amide bonds. The summed E-state index contributed by atoms with van der Waals surface area (Å²) >= 11 is 5.85. The number of halogens is 1. The van der Waals surface area contributed by atoms with Crippen molar-refractivity contribution in [3.05, 3.63) is 17.0 Å². The molecule has 0 spiro atoms. The van der Waals surface area contributed by atoms with E-state index in [0.717, 1.165) is 4.90 Å². The highest BCUT2D eigenvalue weighted by Gasteiger charge is 2.19. The maximum Gasteiger partial charge on any atom is 0.411 e. The molecule has 90 valence electrons. The van der Waals surface area contributed by atoms with Gasteiger partial charge in [0.05, 0.1) is 5.69 Å². The maximum absolute atomic E-state index is 11.1. The van der Waals surface area contributed by atoms with Gasteiger partial charge in [-0.3, -0.25) is 4.90 Å². The fourth-order valence-corrected chi connectivity index (χ4v) is 1.73. The molecule has 0 atom stereocenters. The lowest BCUT2D eigenvalue weighted by molar-refractivity contribution is 0.202. The van der Waals surface area contributed by atoms with Crippen LogP contribution in [0.15, 0.2) is 6.07 Å². The highest BCUT2D eigenvalue weighted by molar-refractivity contribution is 6.29. The number of aromatic nitrogens is 4. The molecule has 2 aromatic rings. The first-order valence-electron chi connectivity index (χ1n) is 4.93. The smallest absolute Gasteiger partial charge is 0.411 e. The molecule has 0 aliphatic carbocycles. The molecule has 1 N–H and O–H groups in total. The predicted molar refractivity (Wildman–Crippen MR) is 61.6 cm³/mol. The number of aryl methyl sites for hydroxylation is 1. The van der Waals surface area contributed by atoms with E-state index in [4.69, 9.17) is 16.7 Å². The zero-order chi connectivity index (χ0) is 12.6. The Morgan fingerprint density at radius 2 is 2.29 bits per heavy atom. The Bertz CT molecular complexity index is 582. The van der Waals surface area contributed by atoms with Gasteiger partial charge in [-0.25, -0.2) is 4.79 Å². The van der Waals surface area contributed by atoms with Gasteiger partial charge < -0.3 is 5.11 Å². The van der Waals surface area contributed by atoms with Crippen molar-refractivity contribution in [1.29, 1.82) is 0 Å². The van der Waals surface area contributed by atoms with Crippen molar-refractivity contribution < 1.29 is 9.90 Å². The summed E-state index contributed by atoms with van der Waals surface area (Å²) in [5, 5.41) is 21.0. The fourth-order valence-electron chi connectivity index (χ4n) is 1.55. The highest BCUT2D eigenvalue weighted by atomic mass is 35.5. The Morgan fingerprint density at radius 3 is 2.88 bits per heavy atom. The molecule has 17 heavy (non-hydrogen) atoms. The third-order valence-corrected chi connectivity index (χ3v) is 2.50. The van der Waals surface area contributed by atoms with Gasteiger partial charge in [0.15, 0.2) is 11.0 Å². The Hall–Kier alpha value is -1.89. The third kappa shape index (κ3) is 1.89. The Kier molecular flexibility index (Phi) is 2.84. The van der Waals surface area contributed by atoms with Gasteiger partial charge in [0.1, 0.15) is 0 Å². The first kappa shape index (κ1) is 11.6. The summed E-state index contributed by atoms with van der Waals surface area (Å²) < 4.78 is 1.42. The van der Waals surface area contributed by atoms with E-state index in [1.165, 1.54) is 10.6 Å². The van der Waals surface area contributed by atoms with Gasteiger partial charge in [-0.1, -0.05) is 11.6 Å². The number of anilines is 1. The minimum Gasteiger partial charge on any atom is -0.465 e. The Morgan fingerprint density at radius 1 is 1.59 bits per heavy atom. The van der Waals surface area contributed by atoms with Crippen LogP contribution in [0.2, 0.25) is 5.15 Å². The van der Waals surface area contributed by atoms with E-state index in [2.05, 4.69) is 15.3 Å². The average Bonchev–Trinajstić information content (AvgIpc) is 2.61. The van der Waals surface area contributed by atoms with Gasteiger partial charge in [0, 0.05) is 12.6 Å². The van der Waals surface area contributed by atoms with Crippen LogP contribution in [-0.2, 0) is 0 Å². The Labute approximate surface area is 102 Å². The highest BCUT2D eigenvalue weighted by Crippen LogP contribution is 2.23. The first-order valence-corrected chi connectivity index (χ1v) is 5.31. The number of rotatable bonds is 2. The van der Waals surface area contributed by atoms with E-state index in [9.17, 15) is 4.79 Å². The summed E-state index contributed by atoms with van der Waals surface area (Å²) in [6, 6.07) is 1.46. The van der Waals surface area contributed by atoms with Crippen LogP contribution >= 0.6 is 11.6 Å². The number of hydrogen-bond donors (Lipinski definition) is 1. The van der Waals surface area contributed by atoms with Crippen LogP contribution in [0, 0.1) is 6.92 Å². The molecular weight excluding hydrogens is 246 g/mol. The zero-order valence-electron chi connectivity index (χ0n) is 9.25. The van der Waals surface area contributed by atoms with Crippen LogP contribution in [-0.4, -0.2) is 37.6 Å². The summed E-state index contributed by atoms with van der Waals surface area (Å²) in [5.74, 6) is 0.546. The van der Waals surface area contributed by atoms with Crippen LogP contribution in [0.1, 0.15) is 12.7 Å². The molecule has 2 rings (SSSR count). The molecule has 0 radical (unpaired) electrons. The molecule has 8 heteroatoms. The van der Waals surface area contributed by atoms with Crippen LogP contribution in [0.25, 0.3) is 5.65 Å². The van der Waals surface area contributed by atoms with Crippen LogP contribution in [0.3, 0.4) is 0 Å². The van der Waals surface area contributed by atoms with E-state index in [0.29, 0.717) is 17.2 Å². The lowest BCUT2D eigenvalue weighted by Crippen LogP contribution is -2.29. The van der Waals surface area contributed by atoms with Crippen molar-refractivity contribution in [2.75, 3.05) is 11.4 Å². The van der Waals surface area contributed by atoms with Crippen LogP contribution in [0.5, 0.6) is 0 Å². The molecule has 2 aromatic heterocycles. The lowest BCUT2D eigenvalue weighted by atomic mass is 10.4. The van der Waals surface area contributed by atoms with E-state index in [1.807, 2.05) is 0 Å². The second kappa shape index (κ2) is 4.17. The average molecular weight is 256 g/mol. The summed E-state index contributed by atoms with van der Waals surface area (Å²) in [5.41, 5.74) is 0.747. The predicted octanol–water partition coefficient (Wildman–Crippen LogP) is 1.59. The molecule has 0 saturated carbocycles. The SMILES string of the molecule is CCN(C(=O)O)c1cc(Cl)nn2c(C)nnc12. The number of fused-ring (bicyclic) bond motifs is 1. The molecule has 0 aromatic carbocycles. The van der Waals surface area contributed by atoms with Crippen molar-refractivity contribution in [2.24, 2.45) is 0 Å². The second-order valence-electron chi connectivity index (χ2n) is 3.36. The number of amides is 1. The van der Waals surface area contributed by atoms with Crippen molar-refractivity contribution in [1.82, 2.24) is 19.8 Å². The number of hydrogen-bond acceptors (Lipinski definition) is 4. The van der Waals surface area contributed by atoms with Crippen molar-refractivity contribution in [3.63, 3.8) is 0 Å². The summed E-state index contributed by atoms with van der Waals surface area (Å²) in [6.45, 7) is 3.73. The van der Waals surface area contributed by atoms with E-state index in [-0.39, 0.29) is 11.7 Å². The van der Waals surface area contributed by atoms with Crippen molar-refractivity contribution in [3.8, 4) is 0 Å². The third-order valence-electron chi connectivity index (χ3n) is 2.31. The topological polar surface area (TPSA) is 83.6 Å². The van der Waals surface area contributed by atoms with Gasteiger partial charge in [0.25, 0.3) is 0 Å². The molecule has 0 saturated heterocycles. The lowest BCUT2D eigenvalue weighted by Gasteiger charge is -2.17. The van der Waals surface area contributed by atoms with E-state index in [1.54, 1.807) is 13.8 Å². The fraction of sp³-hybridized carbons (Fsp3) is 0.333. The molecule has 0 aliphatic rings. The number of carboxylic acid groups (broad SMARTS) is 1. The number of nitrogens with zero attached hydrogens (tertiary/aromatic N) is 5. The monoisotopic (exact) mass is 255 g/mol. The van der Waals surface area contributed by atoms with Crippen molar-refractivity contribution in [2.45, 2.75) is 13.8 Å². The van der Waals surface area contributed by atoms with Crippen LogP contribution in [0.4, 0.5) is 10.5 Å². The molecule has 0 bridgehead atoms. The van der Waals surface area contributed by atoms with Gasteiger partial charge in [0.2, 0.25) is 5.65 Å². The second-order valence-corrected chi connectivity index (χ2v) is 3.75. The largest absolute Gasteiger partial charge is 0.465 e. The van der Waals surface area contributed by atoms with E-state index >= 15 is 0 Å². The maximum atomic E-state index is 11.1. The molecule has 0 aliphatic heterocycles. The quantitative estimate of drug-likeness (QED) is 0.881. The zero-order valence-corrected chi connectivity index (χ0v) is 10.0. The number of carbonyl (C=O) groups is 1. The molecular formula is C9H10ClN5O2. The van der Waals surface area contributed by atoms with E-state index < -0.39 is 6.09 Å². The standard InChI is InChI=1S/C9H10ClN5O2/c1-3-14(9(16)17)6-4-7(10)13-15-5(2)11-12-8(6)15/h4H,3H2,1-2H3,(H,16,17). The summed E-state index contributed by atoms with van der Waals surface area (Å²) in [6.07, 6.45) is -1.07. The first-order chi connectivity index (χ1) is 8.04. The molecule has 7 nitrogen and oxygen atoms in total. The molecule has 0 unspecified atom stereocenters. The van der Waals surface area contributed by atoms with Gasteiger partial charge in [-0.05, 0) is 13.8 Å². The molecule has 2 heterocycles. The van der Waals surface area contributed by atoms with Gasteiger partial charge in [-0.15, -0.1) is 10.2 Å². The Balaban J connectivity index is 2.71. The van der Waals surface area contributed by atoms with Gasteiger partial charge in [-0.2, -0.15) is 9.61 Å².